The number of aromatic nitrogens is 3. The molecule has 1 heterocycles. The molecule has 0 aliphatic rings. The van der Waals surface area contributed by atoms with Crippen LogP contribution in [-0.4, -0.2) is 41.5 Å². The van der Waals surface area contributed by atoms with E-state index in [1.54, 1.807) is 18.2 Å². The van der Waals surface area contributed by atoms with E-state index in [4.69, 9.17) is 0 Å². The second-order valence-corrected chi connectivity index (χ2v) is 6.63. The molecule has 24 heavy (non-hydrogen) atoms. The average Bonchev–Trinajstić information content (AvgIpc) is 2.59. The number of carbonyl (C=O) groups is 1. The summed E-state index contributed by atoms with van der Waals surface area (Å²) < 4.78 is 26.1. The number of benzene rings is 1. The number of carbonyl (C=O) groups excluding carboxylic acids is 1. The minimum absolute atomic E-state index is 0.0255. The average molecular weight is 344 g/mol. The van der Waals surface area contributed by atoms with Gasteiger partial charge in [-0.3, -0.25) is 9.10 Å². The second kappa shape index (κ2) is 7.60. The number of hydrogen-bond donors (Lipinski definition) is 0. The normalized spacial score (nSPS) is 10.8. The molecule has 1 aromatic heterocycles. The Hall–Kier alpha value is -2.87. The number of sulfonamides is 1. The number of ketones is 1. The number of nitrogens with zero attached hydrogens (tertiary/aromatic N) is 4. The molecule has 2 aromatic rings. The molecule has 0 spiro atoms. The predicted octanol–water partition coefficient (Wildman–Crippen LogP) is 1.61. The van der Waals surface area contributed by atoms with E-state index in [1.165, 1.54) is 30.9 Å². The number of rotatable bonds is 8. The zero-order valence-electron chi connectivity index (χ0n) is 12.9. The van der Waals surface area contributed by atoms with Gasteiger partial charge in [0.25, 0.3) is 0 Å². The van der Waals surface area contributed by atoms with Crippen molar-refractivity contribution >= 4 is 21.5 Å². The third-order valence-electron chi connectivity index (χ3n) is 3.07. The molecule has 8 heteroatoms. The molecule has 2 rings (SSSR count). The minimum atomic E-state index is -3.69. The Kier molecular flexibility index (Phi) is 5.54. The maximum atomic E-state index is 12.6. The maximum Gasteiger partial charge on any atom is 0.239 e. The van der Waals surface area contributed by atoms with Crippen LogP contribution in [0.5, 0.6) is 0 Å². The van der Waals surface area contributed by atoms with Crippen molar-refractivity contribution in [1.82, 2.24) is 15.0 Å². The van der Waals surface area contributed by atoms with Gasteiger partial charge in [-0.15, -0.1) is 13.2 Å². The van der Waals surface area contributed by atoms with Crippen LogP contribution in [0.15, 0.2) is 62.2 Å². The van der Waals surface area contributed by atoms with Crippen LogP contribution in [0, 0.1) is 0 Å². The van der Waals surface area contributed by atoms with Crippen LogP contribution in [-0.2, 0) is 10.0 Å². The van der Waals surface area contributed by atoms with Crippen LogP contribution < -0.4 is 4.31 Å². The lowest BCUT2D eigenvalue weighted by Crippen LogP contribution is -2.34. The van der Waals surface area contributed by atoms with Crippen LogP contribution in [0.3, 0.4) is 0 Å². The zero-order chi connectivity index (χ0) is 17.6. The van der Waals surface area contributed by atoms with Crippen molar-refractivity contribution in [3.05, 3.63) is 73.6 Å². The Bertz CT molecular complexity index is 851. The summed E-state index contributed by atoms with van der Waals surface area (Å²) >= 11 is 0. The summed E-state index contributed by atoms with van der Waals surface area (Å²) in [5, 5.41) is 0. The third-order valence-corrected chi connectivity index (χ3v) is 4.75. The molecule has 0 aliphatic heterocycles. The number of anilines is 1. The van der Waals surface area contributed by atoms with Crippen molar-refractivity contribution in [3.63, 3.8) is 0 Å². The number of para-hydroxylation sites is 1. The largest absolute Gasteiger partial charge is 0.285 e. The summed E-state index contributed by atoms with van der Waals surface area (Å²) in [6, 6.07) is 6.38. The standard InChI is InChI=1S/C16H16N4O3S/c1-3-9-20(24(22,23)10-4-2)14-8-6-5-7-13(14)15(21)16-18-11-17-12-19-16/h3-8,11-12H,1-2,9-10H2. The van der Waals surface area contributed by atoms with Gasteiger partial charge >= 0.3 is 0 Å². The van der Waals surface area contributed by atoms with Crippen LogP contribution >= 0.6 is 0 Å². The quantitative estimate of drug-likeness (QED) is 0.533. The molecule has 7 nitrogen and oxygen atoms in total. The summed E-state index contributed by atoms with van der Waals surface area (Å²) in [4.78, 5) is 24.0. The highest BCUT2D eigenvalue weighted by Crippen LogP contribution is 2.25. The maximum absolute atomic E-state index is 12.6. The molecule has 0 bridgehead atoms. The molecule has 0 saturated carbocycles. The van der Waals surface area contributed by atoms with Crippen LogP contribution in [0.1, 0.15) is 16.2 Å². The third kappa shape index (κ3) is 3.72. The van der Waals surface area contributed by atoms with Crippen LogP contribution in [0.4, 0.5) is 5.69 Å². The second-order valence-electron chi connectivity index (χ2n) is 4.70. The monoisotopic (exact) mass is 344 g/mol. The highest BCUT2D eigenvalue weighted by Gasteiger charge is 2.25. The first-order valence-electron chi connectivity index (χ1n) is 6.99. The van der Waals surface area contributed by atoms with Crippen molar-refractivity contribution in [2.75, 3.05) is 16.6 Å². The molecule has 0 N–H and O–H groups in total. The van der Waals surface area contributed by atoms with Gasteiger partial charge in [0.1, 0.15) is 12.7 Å². The van der Waals surface area contributed by atoms with Crippen molar-refractivity contribution in [2.24, 2.45) is 0 Å². The first-order valence-corrected chi connectivity index (χ1v) is 8.60. The molecule has 124 valence electrons. The van der Waals surface area contributed by atoms with E-state index in [9.17, 15) is 13.2 Å². The van der Waals surface area contributed by atoms with E-state index in [1.807, 2.05) is 0 Å². The summed E-state index contributed by atoms with van der Waals surface area (Å²) in [5.41, 5.74) is 0.419. The van der Waals surface area contributed by atoms with Gasteiger partial charge < -0.3 is 0 Å². The molecule has 0 unspecified atom stereocenters. The molecule has 0 aliphatic carbocycles. The van der Waals surface area contributed by atoms with Gasteiger partial charge in [0, 0.05) is 0 Å². The Balaban J connectivity index is 2.56. The molecule has 0 fully saturated rings. The lowest BCUT2D eigenvalue weighted by molar-refractivity contribution is 0.102. The van der Waals surface area contributed by atoms with Crippen molar-refractivity contribution in [1.29, 1.82) is 0 Å². The van der Waals surface area contributed by atoms with Gasteiger partial charge in [-0.25, -0.2) is 23.4 Å². The Morgan fingerprint density at radius 3 is 2.42 bits per heavy atom. The van der Waals surface area contributed by atoms with Gasteiger partial charge in [0.15, 0.2) is 0 Å². The highest BCUT2D eigenvalue weighted by atomic mass is 32.2. The summed E-state index contributed by atoms with van der Waals surface area (Å²) in [6.45, 7) is 7.07. The summed E-state index contributed by atoms with van der Waals surface area (Å²) in [5.74, 6) is -0.803. The number of hydrogen-bond acceptors (Lipinski definition) is 6. The molecule has 0 radical (unpaired) electrons. The zero-order valence-corrected chi connectivity index (χ0v) is 13.7. The highest BCUT2D eigenvalue weighted by molar-refractivity contribution is 7.92. The first kappa shape index (κ1) is 17.5. The molecular formula is C16H16N4O3S. The van der Waals surface area contributed by atoms with Crippen molar-refractivity contribution in [2.45, 2.75) is 0 Å². The van der Waals surface area contributed by atoms with Gasteiger partial charge in [-0.05, 0) is 12.1 Å². The van der Waals surface area contributed by atoms with Gasteiger partial charge in [-0.1, -0.05) is 24.3 Å². The van der Waals surface area contributed by atoms with Crippen LogP contribution in [0.25, 0.3) is 0 Å². The van der Waals surface area contributed by atoms with Gasteiger partial charge in [0.2, 0.25) is 21.6 Å². The van der Waals surface area contributed by atoms with E-state index in [0.717, 1.165) is 4.31 Å². The lowest BCUT2D eigenvalue weighted by atomic mass is 10.1. The molecule has 0 saturated heterocycles. The predicted molar refractivity (Wildman–Crippen MR) is 91.2 cm³/mol. The summed E-state index contributed by atoms with van der Waals surface area (Å²) in [7, 11) is -3.69. The molecule has 0 amide bonds. The SMILES string of the molecule is C=CCN(c1ccccc1C(=O)c1ncncn1)S(=O)(=O)CC=C. The van der Waals surface area contributed by atoms with E-state index in [-0.39, 0.29) is 29.4 Å². The topological polar surface area (TPSA) is 93.1 Å². The smallest absolute Gasteiger partial charge is 0.239 e. The van der Waals surface area contributed by atoms with Gasteiger partial charge in [0.05, 0.1) is 23.5 Å². The Morgan fingerprint density at radius 2 is 1.79 bits per heavy atom. The van der Waals surface area contributed by atoms with E-state index >= 15 is 0 Å². The van der Waals surface area contributed by atoms with E-state index in [2.05, 4.69) is 28.1 Å². The Labute approximate surface area is 140 Å². The lowest BCUT2D eigenvalue weighted by Gasteiger charge is -2.24. The van der Waals surface area contributed by atoms with Crippen molar-refractivity contribution < 1.29 is 13.2 Å². The van der Waals surface area contributed by atoms with Gasteiger partial charge in [-0.2, -0.15) is 0 Å². The fraction of sp³-hybridized carbons (Fsp3) is 0.125. The molecule has 1 aromatic carbocycles. The van der Waals surface area contributed by atoms with Crippen molar-refractivity contribution in [3.8, 4) is 0 Å². The first-order chi connectivity index (χ1) is 11.5. The Morgan fingerprint density at radius 1 is 1.12 bits per heavy atom. The van der Waals surface area contributed by atoms with E-state index < -0.39 is 15.8 Å². The molecule has 0 atom stereocenters. The van der Waals surface area contributed by atoms with E-state index in [0.29, 0.717) is 0 Å². The fourth-order valence-corrected chi connectivity index (χ4v) is 3.35. The minimum Gasteiger partial charge on any atom is -0.285 e. The van der Waals surface area contributed by atoms with Crippen LogP contribution in [0.2, 0.25) is 0 Å². The fourth-order valence-electron chi connectivity index (χ4n) is 2.08. The molecular weight excluding hydrogens is 328 g/mol. The summed E-state index contributed by atoms with van der Waals surface area (Å²) in [6.07, 6.45) is 5.16.